The zero-order valence-corrected chi connectivity index (χ0v) is 12.5. The van der Waals surface area contributed by atoms with Crippen molar-refractivity contribution in [2.75, 3.05) is 6.26 Å². The van der Waals surface area contributed by atoms with Crippen LogP contribution in [-0.2, 0) is 22.9 Å². The van der Waals surface area contributed by atoms with Crippen LogP contribution in [0.25, 0.3) is 22.0 Å². The van der Waals surface area contributed by atoms with Crippen LogP contribution >= 0.6 is 0 Å². The highest BCUT2D eigenvalue weighted by molar-refractivity contribution is 7.89. The molecule has 1 aliphatic carbocycles. The molecule has 0 unspecified atom stereocenters. The number of fused-ring (bicyclic) bond motifs is 5. The molecule has 0 amide bonds. The van der Waals surface area contributed by atoms with Gasteiger partial charge in [-0.3, -0.25) is 0 Å². The lowest BCUT2D eigenvalue weighted by Crippen LogP contribution is -2.15. The molecule has 4 rings (SSSR count). The van der Waals surface area contributed by atoms with E-state index < -0.39 is 10.0 Å². The van der Waals surface area contributed by atoms with Gasteiger partial charge >= 0.3 is 0 Å². The predicted molar refractivity (Wildman–Crippen MR) is 85.0 cm³/mol. The van der Waals surface area contributed by atoms with E-state index in [1.54, 1.807) is 0 Å². The van der Waals surface area contributed by atoms with Crippen LogP contribution in [0.3, 0.4) is 0 Å². The minimum atomic E-state index is -3.31. The Balaban J connectivity index is 2.22. The quantitative estimate of drug-likeness (QED) is 0.692. The molecule has 0 saturated heterocycles. The largest absolute Gasteiger partial charge is 0.241 e. The molecule has 0 N–H and O–H groups in total. The van der Waals surface area contributed by atoms with Gasteiger partial charge in [0.25, 0.3) is 0 Å². The summed E-state index contributed by atoms with van der Waals surface area (Å²) in [4.78, 5) is 0. The van der Waals surface area contributed by atoms with Crippen LogP contribution in [0.1, 0.15) is 11.3 Å². The van der Waals surface area contributed by atoms with Crippen LogP contribution in [0.5, 0.6) is 0 Å². The number of benzene rings is 2. The normalized spacial score (nSPS) is 14.0. The third kappa shape index (κ3) is 1.75. The molecular weight excluding hydrogens is 282 g/mol. The molecule has 3 nitrogen and oxygen atoms in total. The van der Waals surface area contributed by atoms with Crippen LogP contribution < -0.4 is 0 Å². The number of rotatable bonds is 1. The van der Waals surface area contributed by atoms with E-state index in [9.17, 15) is 8.42 Å². The van der Waals surface area contributed by atoms with Crippen LogP contribution in [0.4, 0.5) is 0 Å². The summed E-state index contributed by atoms with van der Waals surface area (Å²) in [5.41, 5.74) is 5.23. The summed E-state index contributed by atoms with van der Waals surface area (Å²) in [7, 11) is -3.31. The van der Waals surface area contributed by atoms with Crippen molar-refractivity contribution in [2.45, 2.75) is 12.8 Å². The van der Waals surface area contributed by atoms with Gasteiger partial charge in [-0.15, -0.1) is 0 Å². The maximum absolute atomic E-state index is 12.3. The molecular formula is C17H15NO2S. The lowest BCUT2D eigenvalue weighted by Gasteiger charge is -2.18. The van der Waals surface area contributed by atoms with E-state index in [1.165, 1.54) is 15.8 Å². The monoisotopic (exact) mass is 297 g/mol. The summed E-state index contributed by atoms with van der Waals surface area (Å²) in [6.07, 6.45) is 2.92. The molecule has 0 saturated carbocycles. The Kier molecular flexibility index (Phi) is 2.54. The summed E-state index contributed by atoms with van der Waals surface area (Å²) >= 11 is 0. The van der Waals surface area contributed by atoms with Crippen LogP contribution in [0.15, 0.2) is 48.5 Å². The second-order valence-corrected chi connectivity index (χ2v) is 7.35. The van der Waals surface area contributed by atoms with E-state index >= 15 is 0 Å². The van der Waals surface area contributed by atoms with Crippen molar-refractivity contribution in [1.29, 1.82) is 0 Å². The highest BCUT2D eigenvalue weighted by Gasteiger charge is 2.26. The third-order valence-corrected chi connectivity index (χ3v) is 5.26. The van der Waals surface area contributed by atoms with Gasteiger partial charge in [0, 0.05) is 16.6 Å². The van der Waals surface area contributed by atoms with Gasteiger partial charge in [0.1, 0.15) is 0 Å². The van der Waals surface area contributed by atoms with Gasteiger partial charge in [-0.1, -0.05) is 42.5 Å². The molecule has 4 heteroatoms. The molecule has 0 radical (unpaired) electrons. The molecule has 1 aliphatic rings. The number of aromatic nitrogens is 1. The number of nitrogens with zero attached hydrogens (tertiary/aromatic N) is 1. The van der Waals surface area contributed by atoms with Gasteiger partial charge < -0.3 is 0 Å². The molecule has 0 atom stereocenters. The van der Waals surface area contributed by atoms with E-state index in [1.807, 2.05) is 36.4 Å². The molecule has 1 aromatic heterocycles. The standard InChI is InChI=1S/C17H15NO2S/c1-21(19,20)18-15-9-5-4-8-14(15)17-13-7-3-2-6-12(13)10-11-16(17)18/h2-9H,10-11H2,1H3. The third-order valence-electron chi connectivity index (χ3n) is 4.18. The topological polar surface area (TPSA) is 39.1 Å². The fourth-order valence-electron chi connectivity index (χ4n) is 3.41. The molecule has 0 fully saturated rings. The van der Waals surface area contributed by atoms with Gasteiger partial charge in [0.05, 0.1) is 11.8 Å². The van der Waals surface area contributed by atoms with Crippen LogP contribution in [-0.4, -0.2) is 18.6 Å². The first-order valence-electron chi connectivity index (χ1n) is 6.98. The summed E-state index contributed by atoms with van der Waals surface area (Å²) in [6.45, 7) is 0. The van der Waals surface area contributed by atoms with Crippen molar-refractivity contribution in [1.82, 2.24) is 3.97 Å². The number of hydrogen-bond acceptors (Lipinski definition) is 2. The van der Waals surface area contributed by atoms with Gasteiger partial charge in [0.15, 0.2) is 0 Å². The van der Waals surface area contributed by atoms with Gasteiger partial charge in [0.2, 0.25) is 10.0 Å². The van der Waals surface area contributed by atoms with Gasteiger partial charge in [-0.2, -0.15) is 0 Å². The number of aryl methyl sites for hydroxylation is 1. The van der Waals surface area contributed by atoms with Crippen LogP contribution in [0, 0.1) is 0 Å². The minimum absolute atomic E-state index is 0.758. The maximum atomic E-state index is 12.3. The van der Waals surface area contributed by atoms with Crippen molar-refractivity contribution >= 4 is 20.9 Å². The first kappa shape index (κ1) is 12.7. The van der Waals surface area contributed by atoms with E-state index in [-0.39, 0.29) is 0 Å². The Morgan fingerprint density at radius 3 is 2.48 bits per heavy atom. The first-order valence-corrected chi connectivity index (χ1v) is 8.83. The Labute approximate surface area is 123 Å². The minimum Gasteiger partial charge on any atom is -0.241 e. The van der Waals surface area contributed by atoms with Crippen molar-refractivity contribution in [3.63, 3.8) is 0 Å². The molecule has 3 aromatic rings. The summed E-state index contributed by atoms with van der Waals surface area (Å²) in [6, 6.07) is 16.0. The smallest absolute Gasteiger partial charge is 0.236 e. The lowest BCUT2D eigenvalue weighted by molar-refractivity contribution is 0.592. The molecule has 21 heavy (non-hydrogen) atoms. The fraction of sp³-hybridized carbons (Fsp3) is 0.176. The second-order valence-electron chi connectivity index (χ2n) is 5.52. The van der Waals surface area contributed by atoms with Crippen molar-refractivity contribution in [2.24, 2.45) is 0 Å². The summed E-state index contributed by atoms with van der Waals surface area (Å²) < 4.78 is 26.0. The zero-order chi connectivity index (χ0) is 14.6. The molecule has 2 aromatic carbocycles. The Morgan fingerprint density at radius 1 is 0.952 bits per heavy atom. The molecule has 0 bridgehead atoms. The predicted octanol–water partition coefficient (Wildman–Crippen LogP) is 3.21. The van der Waals surface area contributed by atoms with Gasteiger partial charge in [-0.25, -0.2) is 12.4 Å². The van der Waals surface area contributed by atoms with E-state index in [4.69, 9.17) is 0 Å². The average molecular weight is 297 g/mol. The highest BCUT2D eigenvalue weighted by atomic mass is 32.2. The zero-order valence-electron chi connectivity index (χ0n) is 11.7. The van der Waals surface area contributed by atoms with E-state index in [0.717, 1.165) is 40.6 Å². The fourth-order valence-corrected chi connectivity index (χ4v) is 4.51. The van der Waals surface area contributed by atoms with E-state index in [0.29, 0.717) is 0 Å². The van der Waals surface area contributed by atoms with E-state index in [2.05, 4.69) is 12.1 Å². The second kappa shape index (κ2) is 4.21. The number of para-hydroxylation sites is 1. The van der Waals surface area contributed by atoms with Crippen molar-refractivity contribution in [3.8, 4) is 11.1 Å². The molecule has 0 spiro atoms. The van der Waals surface area contributed by atoms with Crippen molar-refractivity contribution < 1.29 is 8.42 Å². The van der Waals surface area contributed by atoms with Crippen LogP contribution in [0.2, 0.25) is 0 Å². The molecule has 0 aliphatic heterocycles. The molecule has 106 valence electrons. The average Bonchev–Trinajstić information content (AvgIpc) is 2.81. The SMILES string of the molecule is CS(=O)(=O)n1c2c(c3ccccc31)-c1ccccc1CC2. The van der Waals surface area contributed by atoms with Crippen molar-refractivity contribution in [3.05, 3.63) is 59.8 Å². The Bertz CT molecular complexity index is 968. The number of hydrogen-bond donors (Lipinski definition) is 0. The maximum Gasteiger partial charge on any atom is 0.236 e. The Morgan fingerprint density at radius 2 is 1.67 bits per heavy atom. The summed E-state index contributed by atoms with van der Waals surface area (Å²) in [5, 5.41) is 1.02. The highest BCUT2D eigenvalue weighted by Crippen LogP contribution is 2.41. The molecule has 1 heterocycles. The van der Waals surface area contributed by atoms with Gasteiger partial charge in [-0.05, 0) is 30.0 Å². The lowest BCUT2D eigenvalue weighted by atomic mass is 9.88. The Hall–Kier alpha value is -2.07. The summed E-state index contributed by atoms with van der Waals surface area (Å²) in [5.74, 6) is 0. The first-order chi connectivity index (χ1) is 10.1.